The predicted molar refractivity (Wildman–Crippen MR) is 97.9 cm³/mol. The molecule has 0 radical (unpaired) electrons. The van der Waals surface area contributed by atoms with E-state index in [1.54, 1.807) is 0 Å². The highest BCUT2D eigenvalue weighted by Crippen LogP contribution is 2.10. The average molecular weight is 351 g/mol. The number of ether oxygens (including phenoxy) is 1. The fourth-order valence-corrected chi connectivity index (χ4v) is 3.00. The number of hydrogen-bond donors (Lipinski definition) is 1. The zero-order valence-electron chi connectivity index (χ0n) is 14.3. The first-order valence-electron chi connectivity index (χ1n) is 8.52. The number of aromatic amines is 1. The number of H-pyrrole nitrogens is 1. The van der Waals surface area contributed by atoms with Crippen molar-refractivity contribution in [2.24, 2.45) is 0 Å². The quantitative estimate of drug-likeness (QED) is 0.453. The largest absolute Gasteiger partial charge is 0.469 e. The van der Waals surface area contributed by atoms with Gasteiger partial charge in [-0.05, 0) is 31.1 Å². The summed E-state index contributed by atoms with van der Waals surface area (Å²) in [6.45, 7) is 4.63. The minimum Gasteiger partial charge on any atom is -0.469 e. The summed E-state index contributed by atoms with van der Waals surface area (Å²) in [5.41, 5.74) is 0. The number of carbonyl (C=O) groups is 1. The van der Waals surface area contributed by atoms with E-state index in [0.717, 1.165) is 62.9 Å². The maximum absolute atomic E-state index is 11.0. The van der Waals surface area contributed by atoms with Crippen molar-refractivity contribution in [3.05, 3.63) is 24.4 Å². The van der Waals surface area contributed by atoms with Crippen LogP contribution in [-0.2, 0) is 9.53 Å². The number of esters is 1. The van der Waals surface area contributed by atoms with Crippen LogP contribution < -0.4 is 15.2 Å². The van der Waals surface area contributed by atoms with Crippen molar-refractivity contribution in [2.75, 3.05) is 44.7 Å². The molecule has 1 aromatic heterocycles. The van der Waals surface area contributed by atoms with Crippen LogP contribution >= 0.6 is 12.2 Å². The SMILES string of the molecule is COC(=O)CCCCCNC(=S)N1CCN(c2cccc[nH+]2)CC1. The first-order chi connectivity index (χ1) is 11.7. The smallest absolute Gasteiger partial charge is 0.305 e. The van der Waals surface area contributed by atoms with Crippen LogP contribution in [-0.4, -0.2) is 55.8 Å². The molecule has 0 unspecified atom stereocenters. The summed E-state index contributed by atoms with van der Waals surface area (Å²) in [5, 5.41) is 4.16. The number of unbranched alkanes of at least 4 members (excludes halogenated alkanes) is 2. The Labute approximate surface area is 149 Å². The van der Waals surface area contributed by atoms with Crippen LogP contribution in [0.25, 0.3) is 0 Å². The van der Waals surface area contributed by atoms with E-state index < -0.39 is 0 Å². The second-order valence-electron chi connectivity index (χ2n) is 5.84. The molecule has 2 heterocycles. The third-order valence-electron chi connectivity index (χ3n) is 4.16. The average Bonchev–Trinajstić information content (AvgIpc) is 2.65. The van der Waals surface area contributed by atoms with Crippen molar-refractivity contribution < 1.29 is 14.5 Å². The third kappa shape index (κ3) is 5.96. The summed E-state index contributed by atoms with van der Waals surface area (Å²) < 4.78 is 4.63. The van der Waals surface area contributed by atoms with Crippen LogP contribution in [0.15, 0.2) is 24.4 Å². The third-order valence-corrected chi connectivity index (χ3v) is 4.56. The molecule has 1 aromatic rings. The van der Waals surface area contributed by atoms with Gasteiger partial charge < -0.3 is 15.0 Å². The molecule has 0 aliphatic carbocycles. The highest BCUT2D eigenvalue weighted by atomic mass is 32.1. The van der Waals surface area contributed by atoms with Crippen LogP contribution in [0.3, 0.4) is 0 Å². The van der Waals surface area contributed by atoms with Gasteiger partial charge in [0.25, 0.3) is 5.82 Å². The summed E-state index contributed by atoms with van der Waals surface area (Å²) in [7, 11) is 1.43. The van der Waals surface area contributed by atoms with E-state index in [1.807, 2.05) is 18.3 Å². The zero-order chi connectivity index (χ0) is 17.2. The Kier molecular flexibility index (Phi) is 7.74. The molecule has 0 aromatic carbocycles. The lowest BCUT2D eigenvalue weighted by Crippen LogP contribution is -2.52. The molecule has 1 saturated heterocycles. The summed E-state index contributed by atoms with van der Waals surface area (Å²) in [4.78, 5) is 18.9. The monoisotopic (exact) mass is 351 g/mol. The van der Waals surface area contributed by atoms with Crippen molar-refractivity contribution in [3.8, 4) is 0 Å². The van der Waals surface area contributed by atoms with Gasteiger partial charge in [-0.1, -0.05) is 12.5 Å². The standard InChI is InChI=1S/C17H26N4O2S/c1-23-16(22)8-3-2-5-10-19-17(24)21-13-11-20(12-14-21)15-7-4-6-9-18-15/h4,6-7,9H,2-3,5,8,10-14H2,1H3,(H,19,24)/p+1. The van der Waals surface area contributed by atoms with Crippen LogP contribution in [0.4, 0.5) is 5.82 Å². The lowest BCUT2D eigenvalue weighted by atomic mass is 10.2. The normalized spacial score (nSPS) is 14.4. The molecule has 2 N–H and O–H groups in total. The molecule has 6 nitrogen and oxygen atoms in total. The molecule has 2 rings (SSSR count). The maximum Gasteiger partial charge on any atom is 0.305 e. The Morgan fingerprint density at radius 1 is 1.25 bits per heavy atom. The topological polar surface area (TPSA) is 59.0 Å². The van der Waals surface area contributed by atoms with E-state index in [4.69, 9.17) is 12.2 Å². The molecule has 1 aliphatic rings. The van der Waals surface area contributed by atoms with E-state index >= 15 is 0 Å². The molecule has 0 spiro atoms. The maximum atomic E-state index is 11.0. The molecular weight excluding hydrogens is 324 g/mol. The lowest BCUT2D eigenvalue weighted by Gasteiger charge is -2.32. The van der Waals surface area contributed by atoms with Gasteiger partial charge in [-0.3, -0.25) is 9.69 Å². The van der Waals surface area contributed by atoms with Gasteiger partial charge in [-0.2, -0.15) is 0 Å². The van der Waals surface area contributed by atoms with Crippen molar-refractivity contribution in [1.82, 2.24) is 10.2 Å². The zero-order valence-corrected chi connectivity index (χ0v) is 15.1. The Bertz CT molecular complexity index is 519. The van der Waals surface area contributed by atoms with Crippen molar-refractivity contribution >= 4 is 29.1 Å². The number of carbonyl (C=O) groups excluding carboxylic acids is 1. The van der Waals surface area contributed by atoms with Crippen molar-refractivity contribution in [1.29, 1.82) is 0 Å². The number of aromatic nitrogens is 1. The van der Waals surface area contributed by atoms with Gasteiger partial charge in [0.1, 0.15) is 13.1 Å². The number of methoxy groups -OCH3 is 1. The number of nitrogens with zero attached hydrogens (tertiary/aromatic N) is 2. The Morgan fingerprint density at radius 2 is 2.04 bits per heavy atom. The number of anilines is 1. The number of pyridine rings is 1. The van der Waals surface area contributed by atoms with Gasteiger partial charge in [0.2, 0.25) is 0 Å². The second-order valence-corrected chi connectivity index (χ2v) is 6.23. The van der Waals surface area contributed by atoms with Crippen LogP contribution in [0.5, 0.6) is 0 Å². The van der Waals surface area contributed by atoms with Crippen LogP contribution in [0, 0.1) is 0 Å². The molecule has 0 bridgehead atoms. The highest BCUT2D eigenvalue weighted by Gasteiger charge is 2.24. The van der Waals surface area contributed by atoms with Crippen LogP contribution in [0.1, 0.15) is 25.7 Å². The second kappa shape index (κ2) is 10.1. The summed E-state index contributed by atoms with van der Waals surface area (Å²) in [6.07, 6.45) is 5.33. The number of nitrogens with one attached hydrogen (secondary N) is 2. The van der Waals surface area contributed by atoms with Crippen molar-refractivity contribution in [3.63, 3.8) is 0 Å². The Morgan fingerprint density at radius 3 is 2.71 bits per heavy atom. The number of rotatable bonds is 7. The van der Waals surface area contributed by atoms with Crippen LogP contribution in [0.2, 0.25) is 0 Å². The van der Waals surface area contributed by atoms with Gasteiger partial charge >= 0.3 is 5.97 Å². The fraction of sp³-hybridized carbons (Fsp3) is 0.588. The first kappa shape index (κ1) is 18.4. The Hall–Kier alpha value is -1.89. The van der Waals surface area contributed by atoms with Crippen molar-refractivity contribution in [2.45, 2.75) is 25.7 Å². The van der Waals surface area contributed by atoms with Gasteiger partial charge in [-0.25, -0.2) is 4.98 Å². The van der Waals surface area contributed by atoms with E-state index in [2.05, 4.69) is 30.9 Å². The van der Waals surface area contributed by atoms with E-state index in [-0.39, 0.29) is 5.97 Å². The fourth-order valence-electron chi connectivity index (χ4n) is 2.71. The number of thiocarbonyl (C=S) groups is 1. The molecule has 132 valence electrons. The molecule has 0 amide bonds. The summed E-state index contributed by atoms with van der Waals surface area (Å²) in [5.74, 6) is 1.02. The minimum atomic E-state index is -0.132. The molecule has 0 saturated carbocycles. The number of piperazine rings is 1. The molecule has 1 aliphatic heterocycles. The molecule has 24 heavy (non-hydrogen) atoms. The van der Waals surface area contributed by atoms with Gasteiger partial charge in [-0.15, -0.1) is 0 Å². The summed E-state index contributed by atoms with van der Waals surface area (Å²) >= 11 is 5.48. The first-order valence-corrected chi connectivity index (χ1v) is 8.93. The highest BCUT2D eigenvalue weighted by molar-refractivity contribution is 7.80. The molecule has 1 fully saturated rings. The number of hydrogen-bond acceptors (Lipinski definition) is 4. The Balaban J connectivity index is 1.58. The molecular formula is C17H27N4O2S+. The minimum absolute atomic E-state index is 0.132. The van der Waals surface area contributed by atoms with E-state index in [1.165, 1.54) is 7.11 Å². The van der Waals surface area contributed by atoms with Gasteiger partial charge in [0.15, 0.2) is 5.11 Å². The van der Waals surface area contributed by atoms with Gasteiger partial charge in [0.05, 0.1) is 26.4 Å². The summed E-state index contributed by atoms with van der Waals surface area (Å²) in [6, 6.07) is 6.13. The van der Waals surface area contributed by atoms with E-state index in [9.17, 15) is 4.79 Å². The molecule has 7 heteroatoms. The molecule has 0 atom stereocenters. The lowest BCUT2D eigenvalue weighted by molar-refractivity contribution is -0.364. The van der Waals surface area contributed by atoms with E-state index in [0.29, 0.717) is 6.42 Å². The predicted octanol–water partition coefficient (Wildman–Crippen LogP) is 1.23. The van der Waals surface area contributed by atoms with Gasteiger partial charge in [0, 0.05) is 19.0 Å².